The number of anilines is 1. The van der Waals surface area contributed by atoms with E-state index in [2.05, 4.69) is 43.1 Å². The van der Waals surface area contributed by atoms with Gasteiger partial charge in [-0.25, -0.2) is 15.4 Å². The first kappa shape index (κ1) is 14.9. The summed E-state index contributed by atoms with van der Waals surface area (Å²) in [5.74, 6) is 0.608. The lowest BCUT2D eigenvalue weighted by atomic mass is 10.2. The van der Waals surface area contributed by atoms with Crippen molar-refractivity contribution >= 4 is 62.1 Å². The van der Waals surface area contributed by atoms with Crippen molar-refractivity contribution in [3.05, 3.63) is 38.4 Å². The monoisotopic (exact) mass is 427 g/mol. The fraction of sp³-hybridized carbons (Fsp3) is 0.0769. The number of nitrogen functional groups attached to an aromatic ring is 1. The van der Waals surface area contributed by atoms with E-state index in [-0.39, 0.29) is 5.91 Å². The zero-order valence-corrected chi connectivity index (χ0v) is 14.3. The third-order valence-corrected chi connectivity index (χ3v) is 4.69. The third-order valence-electron chi connectivity index (χ3n) is 2.91. The lowest BCUT2D eigenvalue weighted by Crippen LogP contribution is -2.17. The molecule has 0 fully saturated rings. The number of hydrogen-bond donors (Lipinski definition) is 2. The number of hydrazone groups is 1. The van der Waals surface area contributed by atoms with Crippen LogP contribution in [0.1, 0.15) is 21.0 Å². The molecular formula is C13H10IN5O2S. The minimum absolute atomic E-state index is 0.322. The first-order valence-electron chi connectivity index (χ1n) is 6.14. The molecule has 0 spiro atoms. The quantitative estimate of drug-likeness (QED) is 0.380. The minimum atomic E-state index is -0.322. The highest BCUT2D eigenvalue weighted by molar-refractivity contribution is 14.1. The van der Waals surface area contributed by atoms with Crippen LogP contribution in [0.3, 0.4) is 0 Å². The Morgan fingerprint density at radius 1 is 1.50 bits per heavy atom. The first-order valence-corrected chi connectivity index (χ1v) is 8.04. The highest BCUT2D eigenvalue weighted by Gasteiger charge is 2.17. The number of furan rings is 1. The number of nitrogens with one attached hydrogen (secondary N) is 1. The normalized spacial score (nSPS) is 11.4. The SMILES string of the molecule is Cc1c(C(=O)N/N=C\c2ccc(I)o2)sc2ncnc(N)c12. The molecule has 112 valence electrons. The number of carbonyl (C=O) groups excluding carboxylic acids is 1. The summed E-state index contributed by atoms with van der Waals surface area (Å²) in [4.78, 5) is 21.5. The summed E-state index contributed by atoms with van der Waals surface area (Å²) < 4.78 is 6.06. The van der Waals surface area contributed by atoms with E-state index in [0.717, 1.165) is 9.33 Å². The number of aromatic nitrogens is 2. The Morgan fingerprint density at radius 3 is 3.00 bits per heavy atom. The fourth-order valence-electron chi connectivity index (χ4n) is 1.92. The highest BCUT2D eigenvalue weighted by atomic mass is 127. The average molecular weight is 427 g/mol. The molecule has 22 heavy (non-hydrogen) atoms. The number of hydrogen-bond acceptors (Lipinski definition) is 7. The van der Waals surface area contributed by atoms with Gasteiger partial charge in [0, 0.05) is 0 Å². The molecule has 9 heteroatoms. The number of carbonyl (C=O) groups is 1. The second kappa shape index (κ2) is 6.01. The molecule has 0 aliphatic heterocycles. The Kier molecular flexibility index (Phi) is 4.07. The van der Waals surface area contributed by atoms with Gasteiger partial charge in [-0.05, 0) is 47.2 Å². The molecular weight excluding hydrogens is 417 g/mol. The maximum absolute atomic E-state index is 12.2. The molecule has 0 radical (unpaired) electrons. The van der Waals surface area contributed by atoms with Crippen LogP contribution in [0, 0.1) is 10.7 Å². The largest absolute Gasteiger partial charge is 0.449 e. The van der Waals surface area contributed by atoms with Crippen molar-refractivity contribution in [2.75, 3.05) is 5.73 Å². The number of rotatable bonds is 3. The molecule has 7 nitrogen and oxygen atoms in total. The number of halogens is 1. The number of nitrogens with two attached hydrogens (primary N) is 1. The van der Waals surface area contributed by atoms with E-state index in [0.29, 0.717) is 26.7 Å². The van der Waals surface area contributed by atoms with E-state index in [9.17, 15) is 4.79 Å². The van der Waals surface area contributed by atoms with Gasteiger partial charge in [0.1, 0.15) is 22.7 Å². The van der Waals surface area contributed by atoms with Crippen LogP contribution in [-0.2, 0) is 0 Å². The number of aryl methyl sites for hydroxylation is 1. The highest BCUT2D eigenvalue weighted by Crippen LogP contribution is 2.31. The Labute approximate surface area is 142 Å². The molecule has 0 saturated carbocycles. The lowest BCUT2D eigenvalue weighted by Gasteiger charge is -1.98. The maximum atomic E-state index is 12.2. The Balaban J connectivity index is 1.82. The summed E-state index contributed by atoms with van der Waals surface area (Å²) in [6.45, 7) is 1.81. The topological polar surface area (TPSA) is 106 Å². The molecule has 3 aromatic heterocycles. The molecule has 0 unspecified atom stereocenters. The lowest BCUT2D eigenvalue weighted by molar-refractivity contribution is 0.0958. The predicted octanol–water partition coefficient (Wildman–Crippen LogP) is 2.54. The fourth-order valence-corrected chi connectivity index (χ4v) is 3.40. The van der Waals surface area contributed by atoms with Crippen LogP contribution in [0.25, 0.3) is 10.2 Å². The summed E-state index contributed by atoms with van der Waals surface area (Å²) in [5.41, 5.74) is 9.05. The zero-order valence-electron chi connectivity index (χ0n) is 11.3. The van der Waals surface area contributed by atoms with Gasteiger partial charge in [0.15, 0.2) is 3.77 Å². The van der Waals surface area contributed by atoms with Gasteiger partial charge in [-0.15, -0.1) is 11.3 Å². The number of thiophene rings is 1. The van der Waals surface area contributed by atoms with E-state index in [4.69, 9.17) is 10.2 Å². The van der Waals surface area contributed by atoms with E-state index in [1.165, 1.54) is 23.9 Å². The molecule has 3 aromatic rings. The van der Waals surface area contributed by atoms with Crippen molar-refractivity contribution < 1.29 is 9.21 Å². The molecule has 3 rings (SSSR count). The van der Waals surface area contributed by atoms with E-state index in [1.54, 1.807) is 12.1 Å². The zero-order chi connectivity index (χ0) is 15.7. The smallest absolute Gasteiger partial charge is 0.281 e. The van der Waals surface area contributed by atoms with Crippen molar-refractivity contribution in [3.63, 3.8) is 0 Å². The van der Waals surface area contributed by atoms with Gasteiger partial charge in [0.2, 0.25) is 0 Å². The Morgan fingerprint density at radius 2 is 2.32 bits per heavy atom. The van der Waals surface area contributed by atoms with Crippen LogP contribution in [-0.4, -0.2) is 22.1 Å². The molecule has 0 aliphatic carbocycles. The van der Waals surface area contributed by atoms with Gasteiger partial charge in [-0.3, -0.25) is 4.79 Å². The van der Waals surface area contributed by atoms with Crippen molar-refractivity contribution in [2.24, 2.45) is 5.10 Å². The number of amides is 1. The molecule has 0 bridgehead atoms. The molecule has 1 amide bonds. The molecule has 0 atom stereocenters. The van der Waals surface area contributed by atoms with Crippen molar-refractivity contribution in [2.45, 2.75) is 6.92 Å². The van der Waals surface area contributed by atoms with Crippen LogP contribution < -0.4 is 11.2 Å². The molecule has 0 saturated heterocycles. The minimum Gasteiger partial charge on any atom is -0.449 e. The Hall–Kier alpha value is -2.01. The second-order valence-corrected chi connectivity index (χ2v) is 6.40. The standard InChI is InChI=1S/C13H10IN5O2S/c1-6-9-11(15)16-5-17-13(9)22-10(6)12(20)19-18-4-7-2-3-8(14)21-7/h2-5H,1H3,(H,19,20)(H2,15,16,17)/b18-4-. The van der Waals surface area contributed by atoms with Crippen LogP contribution >= 0.6 is 33.9 Å². The summed E-state index contributed by atoms with van der Waals surface area (Å²) in [6.07, 6.45) is 2.82. The van der Waals surface area contributed by atoms with Crippen LogP contribution in [0.15, 0.2) is 28.0 Å². The van der Waals surface area contributed by atoms with Crippen LogP contribution in [0.2, 0.25) is 0 Å². The average Bonchev–Trinajstić information content (AvgIpc) is 3.04. The second-order valence-electron chi connectivity index (χ2n) is 4.34. The number of fused-ring (bicyclic) bond motifs is 1. The summed E-state index contributed by atoms with van der Waals surface area (Å²) in [6, 6.07) is 3.57. The molecule has 0 aliphatic rings. The summed E-state index contributed by atoms with van der Waals surface area (Å²) in [7, 11) is 0. The maximum Gasteiger partial charge on any atom is 0.281 e. The van der Waals surface area contributed by atoms with Gasteiger partial charge in [-0.1, -0.05) is 0 Å². The summed E-state index contributed by atoms with van der Waals surface area (Å²) >= 11 is 3.31. The first-order chi connectivity index (χ1) is 10.6. The third kappa shape index (κ3) is 2.81. The Bertz CT molecular complexity index is 886. The van der Waals surface area contributed by atoms with Gasteiger partial charge >= 0.3 is 0 Å². The van der Waals surface area contributed by atoms with Gasteiger partial charge in [-0.2, -0.15) is 5.10 Å². The number of nitrogens with zero attached hydrogens (tertiary/aromatic N) is 3. The van der Waals surface area contributed by atoms with Gasteiger partial charge < -0.3 is 10.2 Å². The van der Waals surface area contributed by atoms with Crippen molar-refractivity contribution in [1.29, 1.82) is 0 Å². The van der Waals surface area contributed by atoms with Crippen LogP contribution in [0.5, 0.6) is 0 Å². The van der Waals surface area contributed by atoms with E-state index >= 15 is 0 Å². The van der Waals surface area contributed by atoms with Crippen LogP contribution in [0.4, 0.5) is 5.82 Å². The molecule has 0 aromatic carbocycles. The van der Waals surface area contributed by atoms with Gasteiger partial charge in [0.25, 0.3) is 5.91 Å². The van der Waals surface area contributed by atoms with Crippen molar-refractivity contribution in [1.82, 2.24) is 15.4 Å². The molecule has 3 heterocycles. The van der Waals surface area contributed by atoms with Crippen molar-refractivity contribution in [3.8, 4) is 0 Å². The molecule has 3 N–H and O–H groups in total. The predicted molar refractivity (Wildman–Crippen MR) is 93.0 cm³/mol. The van der Waals surface area contributed by atoms with E-state index < -0.39 is 0 Å². The van der Waals surface area contributed by atoms with E-state index in [1.807, 2.05) is 6.92 Å². The van der Waals surface area contributed by atoms with Gasteiger partial charge in [0.05, 0.1) is 16.5 Å². The summed E-state index contributed by atoms with van der Waals surface area (Å²) in [5, 5.41) is 4.59.